The Labute approximate surface area is 114 Å². The molecule has 0 amide bonds. The minimum atomic E-state index is -3.23. The summed E-state index contributed by atoms with van der Waals surface area (Å²) in [6, 6.07) is 14.7. The molecule has 2 aromatic rings. The first-order valence-corrected chi connectivity index (χ1v) is 7.94. The molecule has 100 valence electrons. The molecule has 2 N–H and O–H groups in total. The number of rotatable bonds is 3. The number of benzene rings is 2. The van der Waals surface area contributed by atoms with Gasteiger partial charge in [0.1, 0.15) is 0 Å². The van der Waals surface area contributed by atoms with Crippen LogP contribution in [0.4, 0.5) is 0 Å². The molecule has 3 nitrogen and oxygen atoms in total. The molecule has 0 fully saturated rings. The average molecular weight is 275 g/mol. The molecule has 0 bridgehead atoms. The lowest BCUT2D eigenvalue weighted by atomic mass is 10.0. The molecule has 0 aliphatic carbocycles. The normalized spacial score (nSPS) is 13.2. The first-order chi connectivity index (χ1) is 8.89. The third kappa shape index (κ3) is 3.03. The third-order valence-corrected chi connectivity index (χ3v) is 4.19. The van der Waals surface area contributed by atoms with E-state index in [4.69, 9.17) is 5.73 Å². The number of sulfone groups is 1. The van der Waals surface area contributed by atoms with E-state index in [2.05, 4.69) is 0 Å². The molecule has 19 heavy (non-hydrogen) atoms. The van der Waals surface area contributed by atoms with E-state index in [1.165, 1.54) is 6.26 Å². The fourth-order valence-corrected chi connectivity index (χ4v) is 2.91. The van der Waals surface area contributed by atoms with Gasteiger partial charge in [0.2, 0.25) is 0 Å². The van der Waals surface area contributed by atoms with Crippen LogP contribution in [0, 0.1) is 0 Å². The van der Waals surface area contributed by atoms with Gasteiger partial charge in [-0.3, -0.25) is 0 Å². The van der Waals surface area contributed by atoms with Crippen molar-refractivity contribution in [3.8, 4) is 11.1 Å². The molecule has 1 atom stereocenters. The van der Waals surface area contributed by atoms with Crippen LogP contribution in [0.5, 0.6) is 0 Å². The summed E-state index contributed by atoms with van der Waals surface area (Å²) in [5.74, 6) is 0. The number of hydrogen-bond acceptors (Lipinski definition) is 3. The van der Waals surface area contributed by atoms with Crippen LogP contribution in [-0.4, -0.2) is 14.7 Å². The quantitative estimate of drug-likeness (QED) is 0.937. The maximum absolute atomic E-state index is 11.8. The van der Waals surface area contributed by atoms with Crippen molar-refractivity contribution in [3.05, 3.63) is 54.1 Å². The zero-order valence-corrected chi connectivity index (χ0v) is 11.8. The monoisotopic (exact) mass is 275 g/mol. The largest absolute Gasteiger partial charge is 0.324 e. The molecule has 0 saturated heterocycles. The predicted octanol–water partition coefficient (Wildman–Crippen LogP) is 2.78. The Kier molecular flexibility index (Phi) is 3.73. The molecule has 0 radical (unpaired) electrons. The van der Waals surface area contributed by atoms with E-state index in [1.54, 1.807) is 12.1 Å². The van der Waals surface area contributed by atoms with Crippen LogP contribution >= 0.6 is 0 Å². The number of hydrogen-bond donors (Lipinski definition) is 1. The van der Waals surface area contributed by atoms with Crippen molar-refractivity contribution >= 4 is 9.84 Å². The molecule has 4 heteroatoms. The highest BCUT2D eigenvalue weighted by atomic mass is 32.2. The fourth-order valence-electron chi connectivity index (χ4n) is 1.99. The smallest absolute Gasteiger partial charge is 0.176 e. The Morgan fingerprint density at radius 1 is 1.00 bits per heavy atom. The highest BCUT2D eigenvalue weighted by molar-refractivity contribution is 7.90. The molecule has 0 aromatic heterocycles. The van der Waals surface area contributed by atoms with E-state index in [9.17, 15) is 8.42 Å². The van der Waals surface area contributed by atoms with Crippen LogP contribution < -0.4 is 5.73 Å². The highest BCUT2D eigenvalue weighted by Crippen LogP contribution is 2.27. The van der Waals surface area contributed by atoms with Gasteiger partial charge in [-0.1, -0.05) is 42.5 Å². The van der Waals surface area contributed by atoms with Gasteiger partial charge in [0.25, 0.3) is 0 Å². The molecule has 0 aliphatic rings. The molecular formula is C15H17NO2S. The van der Waals surface area contributed by atoms with Gasteiger partial charge >= 0.3 is 0 Å². The topological polar surface area (TPSA) is 60.2 Å². The van der Waals surface area contributed by atoms with Crippen molar-refractivity contribution in [2.45, 2.75) is 17.9 Å². The minimum Gasteiger partial charge on any atom is -0.324 e. The van der Waals surface area contributed by atoms with Crippen LogP contribution in [0.2, 0.25) is 0 Å². The summed E-state index contributed by atoms with van der Waals surface area (Å²) < 4.78 is 23.6. The summed E-state index contributed by atoms with van der Waals surface area (Å²) in [6.45, 7) is 1.92. The van der Waals surface area contributed by atoms with Crippen molar-refractivity contribution in [1.82, 2.24) is 0 Å². The maximum atomic E-state index is 11.8. The maximum Gasteiger partial charge on any atom is 0.176 e. The lowest BCUT2D eigenvalue weighted by molar-refractivity contribution is 0.602. The van der Waals surface area contributed by atoms with Crippen molar-refractivity contribution in [2.75, 3.05) is 6.26 Å². The zero-order valence-electron chi connectivity index (χ0n) is 11.0. The standard InChI is InChI=1S/C15H17NO2S/c1-11(16)12-7-9-13(10-8-12)14-5-3-4-6-15(14)19(2,17)18/h3-11H,16H2,1-2H3/t11-/m1/s1. The predicted molar refractivity (Wildman–Crippen MR) is 77.6 cm³/mol. The van der Waals surface area contributed by atoms with Crippen LogP contribution in [0.3, 0.4) is 0 Å². The summed E-state index contributed by atoms with van der Waals surface area (Å²) in [5, 5.41) is 0. The summed E-state index contributed by atoms with van der Waals surface area (Å²) in [6.07, 6.45) is 1.22. The highest BCUT2D eigenvalue weighted by Gasteiger charge is 2.13. The Bertz CT molecular complexity index is 674. The number of nitrogens with two attached hydrogens (primary N) is 1. The van der Waals surface area contributed by atoms with Gasteiger partial charge in [-0.2, -0.15) is 0 Å². The van der Waals surface area contributed by atoms with E-state index in [-0.39, 0.29) is 6.04 Å². The zero-order chi connectivity index (χ0) is 14.0. The molecule has 2 aromatic carbocycles. The summed E-state index contributed by atoms with van der Waals surface area (Å²) >= 11 is 0. The molecule has 0 saturated carbocycles. The molecule has 0 unspecified atom stereocenters. The lowest BCUT2D eigenvalue weighted by Crippen LogP contribution is -2.04. The Morgan fingerprint density at radius 2 is 1.58 bits per heavy atom. The lowest BCUT2D eigenvalue weighted by Gasteiger charge is -2.10. The van der Waals surface area contributed by atoms with Crippen molar-refractivity contribution < 1.29 is 8.42 Å². The Morgan fingerprint density at radius 3 is 2.11 bits per heavy atom. The van der Waals surface area contributed by atoms with Gasteiger partial charge in [-0.05, 0) is 24.1 Å². The van der Waals surface area contributed by atoms with Crippen LogP contribution in [0.1, 0.15) is 18.5 Å². The molecule has 0 heterocycles. The van der Waals surface area contributed by atoms with Crippen molar-refractivity contribution in [3.63, 3.8) is 0 Å². The van der Waals surface area contributed by atoms with E-state index in [0.29, 0.717) is 4.90 Å². The van der Waals surface area contributed by atoms with Crippen LogP contribution in [0.25, 0.3) is 11.1 Å². The van der Waals surface area contributed by atoms with Crippen molar-refractivity contribution in [1.29, 1.82) is 0 Å². The minimum absolute atomic E-state index is 0.0285. The third-order valence-electron chi connectivity index (χ3n) is 3.03. The van der Waals surface area contributed by atoms with Gasteiger partial charge in [-0.15, -0.1) is 0 Å². The molecular weight excluding hydrogens is 258 g/mol. The fraction of sp³-hybridized carbons (Fsp3) is 0.200. The SMILES string of the molecule is C[C@@H](N)c1ccc(-c2ccccc2S(C)(=O)=O)cc1. The van der Waals surface area contributed by atoms with Gasteiger partial charge in [-0.25, -0.2) is 8.42 Å². The van der Waals surface area contributed by atoms with Crippen LogP contribution in [0.15, 0.2) is 53.4 Å². The molecule has 2 rings (SSSR count). The first kappa shape index (κ1) is 13.8. The van der Waals surface area contributed by atoms with Crippen LogP contribution in [-0.2, 0) is 9.84 Å². The van der Waals surface area contributed by atoms with E-state index in [1.807, 2.05) is 43.3 Å². The van der Waals surface area contributed by atoms with Gasteiger partial charge in [0.15, 0.2) is 9.84 Å². The van der Waals surface area contributed by atoms with E-state index in [0.717, 1.165) is 16.7 Å². The van der Waals surface area contributed by atoms with E-state index >= 15 is 0 Å². The first-order valence-electron chi connectivity index (χ1n) is 6.04. The second kappa shape index (κ2) is 5.15. The second-order valence-electron chi connectivity index (χ2n) is 4.68. The van der Waals surface area contributed by atoms with E-state index < -0.39 is 9.84 Å². The summed E-state index contributed by atoms with van der Waals surface area (Å²) in [5.41, 5.74) is 8.44. The molecule has 0 spiro atoms. The van der Waals surface area contributed by atoms with Gasteiger partial charge in [0.05, 0.1) is 4.90 Å². The second-order valence-corrected chi connectivity index (χ2v) is 6.66. The molecule has 0 aliphatic heterocycles. The summed E-state index contributed by atoms with van der Waals surface area (Å²) in [7, 11) is -3.23. The van der Waals surface area contributed by atoms with Crippen molar-refractivity contribution in [2.24, 2.45) is 5.73 Å². The van der Waals surface area contributed by atoms with Gasteiger partial charge in [0, 0.05) is 17.9 Å². The van der Waals surface area contributed by atoms with Gasteiger partial charge < -0.3 is 5.73 Å². The Hall–Kier alpha value is -1.65. The summed E-state index contributed by atoms with van der Waals surface area (Å²) in [4.78, 5) is 0.351. The average Bonchev–Trinajstić information content (AvgIpc) is 2.38. The Balaban J connectivity index is 2.54.